The van der Waals surface area contributed by atoms with E-state index in [0.717, 1.165) is 16.5 Å². The summed E-state index contributed by atoms with van der Waals surface area (Å²) in [6, 6.07) is 13.3. The van der Waals surface area contributed by atoms with E-state index in [0.29, 0.717) is 16.8 Å². The Morgan fingerprint density at radius 1 is 0.905 bits per heavy atom. The molecule has 0 spiro atoms. The second-order valence-electron chi connectivity index (χ2n) is 5.04. The van der Waals surface area contributed by atoms with Crippen LogP contribution >= 0.6 is 0 Å². The summed E-state index contributed by atoms with van der Waals surface area (Å²) in [4.78, 5) is 17.2. The number of aromatic nitrogens is 1. The van der Waals surface area contributed by atoms with Crippen molar-refractivity contribution in [1.82, 2.24) is 4.98 Å². The van der Waals surface area contributed by atoms with Crippen LogP contribution in [0.2, 0.25) is 0 Å². The van der Waals surface area contributed by atoms with E-state index in [1.54, 1.807) is 0 Å². The lowest BCUT2D eigenvalue weighted by molar-refractivity contribution is 0.103. The summed E-state index contributed by atoms with van der Waals surface area (Å²) < 4.78 is 13.0. The molecule has 21 heavy (non-hydrogen) atoms. The second-order valence-corrected chi connectivity index (χ2v) is 5.04. The predicted molar refractivity (Wildman–Crippen MR) is 81.0 cm³/mol. The maximum absolute atomic E-state index is 13.0. The van der Waals surface area contributed by atoms with Gasteiger partial charge in [-0.3, -0.25) is 9.78 Å². The first-order chi connectivity index (χ1) is 10.1. The van der Waals surface area contributed by atoms with Crippen molar-refractivity contribution in [1.29, 1.82) is 0 Å². The zero-order valence-corrected chi connectivity index (χ0v) is 11.9. The van der Waals surface area contributed by atoms with Crippen LogP contribution in [0.1, 0.15) is 27.3 Å². The van der Waals surface area contributed by atoms with E-state index in [-0.39, 0.29) is 11.6 Å². The van der Waals surface area contributed by atoms with E-state index in [9.17, 15) is 9.18 Å². The number of pyridine rings is 1. The van der Waals surface area contributed by atoms with Crippen molar-refractivity contribution in [2.45, 2.75) is 13.8 Å². The number of benzene rings is 2. The van der Waals surface area contributed by atoms with Crippen molar-refractivity contribution in [2.75, 3.05) is 0 Å². The van der Waals surface area contributed by atoms with Crippen molar-refractivity contribution in [3.8, 4) is 0 Å². The highest BCUT2D eigenvalue weighted by Gasteiger charge is 2.17. The van der Waals surface area contributed by atoms with Gasteiger partial charge in [-0.2, -0.15) is 0 Å². The molecular weight excluding hydrogens is 265 g/mol. The first-order valence-electron chi connectivity index (χ1n) is 6.74. The number of carbonyl (C=O) groups is 1. The summed E-state index contributed by atoms with van der Waals surface area (Å²) in [5.74, 6) is -0.480. The SMILES string of the molecule is Cc1nc(C)c2ccccc2c1C(=O)c1ccc(F)cc1. The van der Waals surface area contributed by atoms with Crippen LogP contribution in [0.3, 0.4) is 0 Å². The Bertz CT molecular complexity index is 838. The molecule has 0 radical (unpaired) electrons. The quantitative estimate of drug-likeness (QED) is 0.657. The third kappa shape index (κ3) is 2.31. The summed E-state index contributed by atoms with van der Waals surface area (Å²) >= 11 is 0. The highest BCUT2D eigenvalue weighted by molar-refractivity contribution is 6.17. The number of hydrogen-bond donors (Lipinski definition) is 0. The minimum atomic E-state index is -0.352. The zero-order chi connectivity index (χ0) is 15.0. The van der Waals surface area contributed by atoms with E-state index in [4.69, 9.17) is 0 Å². The maximum Gasteiger partial charge on any atom is 0.195 e. The van der Waals surface area contributed by atoms with Gasteiger partial charge in [-0.05, 0) is 43.5 Å². The van der Waals surface area contributed by atoms with E-state index < -0.39 is 0 Å². The minimum absolute atomic E-state index is 0.129. The second kappa shape index (κ2) is 5.09. The molecule has 2 nitrogen and oxygen atoms in total. The molecule has 0 amide bonds. The molecule has 0 saturated carbocycles. The average Bonchev–Trinajstić information content (AvgIpc) is 2.48. The van der Waals surface area contributed by atoms with Crippen LogP contribution in [0, 0.1) is 19.7 Å². The Morgan fingerprint density at radius 3 is 2.19 bits per heavy atom. The Kier molecular flexibility index (Phi) is 3.26. The molecule has 3 aromatic rings. The Morgan fingerprint density at radius 2 is 1.52 bits per heavy atom. The molecule has 0 atom stereocenters. The third-order valence-electron chi connectivity index (χ3n) is 3.62. The number of halogens is 1. The van der Waals surface area contributed by atoms with E-state index in [2.05, 4.69) is 4.98 Å². The van der Waals surface area contributed by atoms with Crippen molar-refractivity contribution in [2.24, 2.45) is 0 Å². The number of nitrogens with zero attached hydrogens (tertiary/aromatic N) is 1. The fourth-order valence-electron chi connectivity index (χ4n) is 2.61. The summed E-state index contributed by atoms with van der Waals surface area (Å²) in [6.45, 7) is 3.76. The molecule has 1 aromatic heterocycles. The van der Waals surface area contributed by atoms with Gasteiger partial charge < -0.3 is 0 Å². The first kappa shape index (κ1) is 13.4. The fraction of sp³-hybridized carbons (Fsp3) is 0.111. The largest absolute Gasteiger partial charge is 0.289 e. The molecule has 0 aliphatic rings. The van der Waals surface area contributed by atoms with Gasteiger partial charge in [0.15, 0.2) is 5.78 Å². The zero-order valence-electron chi connectivity index (χ0n) is 11.9. The standard InChI is InChI=1S/C18H14FNO/c1-11-15-5-3-4-6-16(15)17(12(2)20-11)18(21)13-7-9-14(19)10-8-13/h3-10H,1-2H3. The topological polar surface area (TPSA) is 30.0 Å². The van der Waals surface area contributed by atoms with Crippen molar-refractivity contribution < 1.29 is 9.18 Å². The number of ketones is 1. The van der Waals surface area contributed by atoms with Crippen molar-refractivity contribution in [3.05, 3.63) is 76.9 Å². The molecule has 0 saturated heterocycles. The number of carbonyl (C=O) groups excluding carboxylic acids is 1. The Hall–Kier alpha value is -2.55. The Balaban J connectivity index is 2.24. The minimum Gasteiger partial charge on any atom is -0.289 e. The van der Waals surface area contributed by atoms with Crippen molar-refractivity contribution in [3.63, 3.8) is 0 Å². The molecule has 0 N–H and O–H groups in total. The molecule has 0 aliphatic heterocycles. The van der Waals surface area contributed by atoms with Crippen LogP contribution in [0.25, 0.3) is 10.8 Å². The van der Waals surface area contributed by atoms with E-state index in [1.807, 2.05) is 38.1 Å². The van der Waals surface area contributed by atoms with Gasteiger partial charge in [0, 0.05) is 22.3 Å². The van der Waals surface area contributed by atoms with Gasteiger partial charge in [-0.1, -0.05) is 24.3 Å². The number of rotatable bonds is 2. The van der Waals surface area contributed by atoms with Crippen LogP contribution in [0.5, 0.6) is 0 Å². The molecule has 0 bridgehead atoms. The molecule has 2 aromatic carbocycles. The molecule has 3 rings (SSSR count). The lowest BCUT2D eigenvalue weighted by Crippen LogP contribution is -2.07. The van der Waals surface area contributed by atoms with E-state index >= 15 is 0 Å². The smallest absolute Gasteiger partial charge is 0.195 e. The highest BCUT2D eigenvalue weighted by Crippen LogP contribution is 2.25. The van der Waals surface area contributed by atoms with Gasteiger partial charge >= 0.3 is 0 Å². The molecular formula is C18H14FNO. The Labute approximate surface area is 122 Å². The van der Waals surface area contributed by atoms with Gasteiger partial charge in [0.25, 0.3) is 0 Å². The highest BCUT2D eigenvalue weighted by atomic mass is 19.1. The summed E-state index contributed by atoms with van der Waals surface area (Å²) in [7, 11) is 0. The molecule has 0 fully saturated rings. The van der Waals surface area contributed by atoms with Crippen LogP contribution in [-0.2, 0) is 0 Å². The van der Waals surface area contributed by atoms with Gasteiger partial charge in [0.1, 0.15) is 5.82 Å². The summed E-state index contributed by atoms with van der Waals surface area (Å²) in [5.41, 5.74) is 2.65. The van der Waals surface area contributed by atoms with Gasteiger partial charge in [0.2, 0.25) is 0 Å². The number of aryl methyl sites for hydroxylation is 2. The molecule has 3 heteroatoms. The van der Waals surface area contributed by atoms with E-state index in [1.165, 1.54) is 24.3 Å². The van der Waals surface area contributed by atoms with Crippen LogP contribution in [-0.4, -0.2) is 10.8 Å². The predicted octanol–water partition coefficient (Wildman–Crippen LogP) is 4.22. The first-order valence-corrected chi connectivity index (χ1v) is 6.74. The van der Waals surface area contributed by atoms with Gasteiger partial charge in [0.05, 0.1) is 5.56 Å². The van der Waals surface area contributed by atoms with Crippen LogP contribution < -0.4 is 0 Å². The summed E-state index contributed by atoms with van der Waals surface area (Å²) in [5, 5.41) is 1.85. The third-order valence-corrected chi connectivity index (χ3v) is 3.62. The summed E-state index contributed by atoms with van der Waals surface area (Å²) in [6.07, 6.45) is 0. The van der Waals surface area contributed by atoms with Crippen molar-refractivity contribution >= 4 is 16.6 Å². The van der Waals surface area contributed by atoms with Gasteiger partial charge in [-0.15, -0.1) is 0 Å². The molecule has 0 unspecified atom stereocenters. The molecule has 1 heterocycles. The molecule has 104 valence electrons. The normalized spacial score (nSPS) is 10.8. The van der Waals surface area contributed by atoms with Crippen LogP contribution in [0.15, 0.2) is 48.5 Å². The van der Waals surface area contributed by atoms with Gasteiger partial charge in [-0.25, -0.2) is 4.39 Å². The lowest BCUT2D eigenvalue weighted by atomic mass is 9.95. The maximum atomic E-state index is 13.0. The average molecular weight is 279 g/mol. The number of fused-ring (bicyclic) bond motifs is 1. The number of hydrogen-bond acceptors (Lipinski definition) is 2. The lowest BCUT2D eigenvalue weighted by Gasteiger charge is -2.11. The molecule has 0 aliphatic carbocycles. The monoisotopic (exact) mass is 279 g/mol. The van der Waals surface area contributed by atoms with Crippen LogP contribution in [0.4, 0.5) is 4.39 Å². The fourth-order valence-corrected chi connectivity index (χ4v) is 2.61.